The van der Waals surface area contributed by atoms with Crippen LogP contribution >= 0.6 is 11.6 Å². The number of aliphatic carboxylic acids is 1. The average Bonchev–Trinajstić information content (AvgIpc) is 2.63. The number of benzene rings is 2. The molecule has 1 N–H and O–H groups in total. The summed E-state index contributed by atoms with van der Waals surface area (Å²) in [7, 11) is 0. The number of non-ortho nitro benzene ring substituents is 1. The van der Waals surface area contributed by atoms with E-state index in [9.17, 15) is 19.7 Å². The molecule has 27 heavy (non-hydrogen) atoms. The number of nitro groups is 1. The molecule has 0 unspecified atom stereocenters. The van der Waals surface area contributed by atoms with Crippen LogP contribution in [0.4, 0.5) is 5.69 Å². The smallest absolute Gasteiger partial charge is 0.303 e. The van der Waals surface area contributed by atoms with E-state index in [0.717, 1.165) is 5.56 Å². The van der Waals surface area contributed by atoms with Crippen LogP contribution < -0.4 is 0 Å². The number of carbonyl (C=O) groups excluding carboxylic acids is 1. The Morgan fingerprint density at radius 1 is 1.15 bits per heavy atom. The average molecular weight is 391 g/mol. The van der Waals surface area contributed by atoms with Crippen molar-refractivity contribution in [1.82, 2.24) is 4.90 Å². The molecule has 0 radical (unpaired) electrons. The molecule has 0 heterocycles. The summed E-state index contributed by atoms with van der Waals surface area (Å²) < 4.78 is 0. The van der Waals surface area contributed by atoms with Crippen LogP contribution in [-0.2, 0) is 22.6 Å². The summed E-state index contributed by atoms with van der Waals surface area (Å²) in [6.07, 6.45) is 0.287. The maximum absolute atomic E-state index is 12.7. The van der Waals surface area contributed by atoms with E-state index in [-0.39, 0.29) is 29.5 Å². The molecule has 2 rings (SSSR count). The molecule has 0 saturated carbocycles. The number of carboxylic acids is 1. The maximum atomic E-state index is 12.7. The first-order chi connectivity index (χ1) is 12.9. The van der Waals surface area contributed by atoms with Crippen molar-refractivity contribution in [3.05, 3.63) is 74.8 Å². The van der Waals surface area contributed by atoms with Crippen molar-refractivity contribution in [3.8, 4) is 0 Å². The van der Waals surface area contributed by atoms with Gasteiger partial charge in [0.05, 0.1) is 16.4 Å². The Morgan fingerprint density at radius 3 is 2.44 bits per heavy atom. The number of rotatable bonds is 9. The van der Waals surface area contributed by atoms with Crippen molar-refractivity contribution in [1.29, 1.82) is 0 Å². The van der Waals surface area contributed by atoms with Crippen molar-refractivity contribution >= 4 is 29.2 Å². The fourth-order valence-corrected chi connectivity index (χ4v) is 2.83. The topological polar surface area (TPSA) is 101 Å². The van der Waals surface area contributed by atoms with Crippen LogP contribution in [0.1, 0.15) is 24.0 Å². The van der Waals surface area contributed by atoms with E-state index in [1.54, 1.807) is 4.90 Å². The lowest BCUT2D eigenvalue weighted by Gasteiger charge is -2.23. The van der Waals surface area contributed by atoms with Gasteiger partial charge >= 0.3 is 5.97 Å². The molecule has 2 aromatic rings. The van der Waals surface area contributed by atoms with E-state index in [1.807, 2.05) is 30.3 Å². The zero-order valence-corrected chi connectivity index (χ0v) is 15.3. The van der Waals surface area contributed by atoms with Crippen LogP contribution in [0.15, 0.2) is 48.5 Å². The van der Waals surface area contributed by atoms with Gasteiger partial charge in [-0.3, -0.25) is 19.7 Å². The molecule has 0 bridgehead atoms. The zero-order chi connectivity index (χ0) is 19.8. The number of carbonyl (C=O) groups is 2. The summed E-state index contributed by atoms with van der Waals surface area (Å²) in [5.74, 6) is -1.14. The minimum absolute atomic E-state index is 0.0171. The number of hydrogen-bond acceptors (Lipinski definition) is 4. The van der Waals surface area contributed by atoms with E-state index < -0.39 is 10.9 Å². The van der Waals surface area contributed by atoms with Crippen molar-refractivity contribution in [2.24, 2.45) is 0 Å². The molecule has 8 heteroatoms. The third-order valence-electron chi connectivity index (χ3n) is 3.98. The highest BCUT2D eigenvalue weighted by atomic mass is 35.5. The number of hydrogen-bond donors (Lipinski definition) is 1. The van der Waals surface area contributed by atoms with Crippen LogP contribution in [0.5, 0.6) is 0 Å². The maximum Gasteiger partial charge on any atom is 0.303 e. The predicted octanol–water partition coefficient (Wildman–Crippen LogP) is 3.68. The first-order valence-corrected chi connectivity index (χ1v) is 8.71. The largest absolute Gasteiger partial charge is 0.481 e. The lowest BCUT2D eigenvalue weighted by Crippen LogP contribution is -2.33. The Kier molecular flexibility index (Phi) is 7.31. The standard InChI is InChI=1S/C19H19ClN2O5/c20-17-12-16(22(26)27)9-8-15(17)11-18(23)21(10-4-7-19(24)25)13-14-5-2-1-3-6-14/h1-3,5-6,8-9,12H,4,7,10-11,13H2,(H,24,25). The van der Waals surface area contributed by atoms with Gasteiger partial charge in [0.2, 0.25) is 5.91 Å². The number of nitro benzene ring substituents is 1. The van der Waals surface area contributed by atoms with Crippen LogP contribution in [0, 0.1) is 10.1 Å². The predicted molar refractivity (Wildman–Crippen MR) is 101 cm³/mol. The van der Waals surface area contributed by atoms with E-state index in [1.165, 1.54) is 18.2 Å². The normalized spacial score (nSPS) is 10.4. The number of amides is 1. The van der Waals surface area contributed by atoms with E-state index in [2.05, 4.69) is 0 Å². The molecular weight excluding hydrogens is 372 g/mol. The molecule has 0 fully saturated rings. The van der Waals surface area contributed by atoms with E-state index >= 15 is 0 Å². The fraction of sp³-hybridized carbons (Fsp3) is 0.263. The van der Waals surface area contributed by atoms with Gasteiger partial charge in [0.15, 0.2) is 0 Å². The van der Waals surface area contributed by atoms with Crippen molar-refractivity contribution < 1.29 is 19.6 Å². The quantitative estimate of drug-likeness (QED) is 0.519. The van der Waals surface area contributed by atoms with Crippen LogP contribution in [0.3, 0.4) is 0 Å². The van der Waals surface area contributed by atoms with Gasteiger partial charge in [0.25, 0.3) is 5.69 Å². The Bertz CT molecular complexity index is 826. The van der Waals surface area contributed by atoms with Crippen LogP contribution in [-0.4, -0.2) is 33.4 Å². The molecule has 0 spiro atoms. The van der Waals surface area contributed by atoms with Gasteiger partial charge in [-0.25, -0.2) is 0 Å². The second-order valence-corrected chi connectivity index (χ2v) is 6.41. The molecule has 0 saturated heterocycles. The minimum atomic E-state index is -0.916. The van der Waals surface area contributed by atoms with Gasteiger partial charge in [-0.05, 0) is 17.5 Å². The summed E-state index contributed by atoms with van der Waals surface area (Å²) in [4.78, 5) is 35.3. The summed E-state index contributed by atoms with van der Waals surface area (Å²) >= 11 is 6.08. The highest BCUT2D eigenvalue weighted by molar-refractivity contribution is 6.31. The second kappa shape index (κ2) is 9.68. The van der Waals surface area contributed by atoms with E-state index in [4.69, 9.17) is 16.7 Å². The Hall–Kier alpha value is -2.93. The molecule has 0 aliphatic rings. The first-order valence-electron chi connectivity index (χ1n) is 8.33. The summed E-state index contributed by atoms with van der Waals surface area (Å²) in [6, 6.07) is 13.4. The fourth-order valence-electron chi connectivity index (χ4n) is 2.58. The summed E-state index contributed by atoms with van der Waals surface area (Å²) in [5.41, 5.74) is 1.28. The lowest BCUT2D eigenvalue weighted by molar-refractivity contribution is -0.384. The molecule has 0 aliphatic heterocycles. The van der Waals surface area contributed by atoms with Gasteiger partial charge < -0.3 is 10.0 Å². The number of carboxylic acid groups (broad SMARTS) is 1. The molecule has 142 valence electrons. The molecule has 0 atom stereocenters. The third-order valence-corrected chi connectivity index (χ3v) is 4.33. The highest BCUT2D eigenvalue weighted by Gasteiger charge is 2.18. The SMILES string of the molecule is O=C(O)CCCN(Cc1ccccc1)C(=O)Cc1ccc([N+](=O)[O-])cc1Cl. The van der Waals surface area contributed by atoms with Crippen molar-refractivity contribution in [2.45, 2.75) is 25.8 Å². The first kappa shape index (κ1) is 20.4. The van der Waals surface area contributed by atoms with Crippen LogP contribution in [0.25, 0.3) is 0 Å². The zero-order valence-electron chi connectivity index (χ0n) is 14.5. The van der Waals surface area contributed by atoms with Gasteiger partial charge in [-0.15, -0.1) is 0 Å². The molecule has 0 aromatic heterocycles. The monoisotopic (exact) mass is 390 g/mol. The lowest BCUT2D eigenvalue weighted by atomic mass is 10.1. The number of nitrogens with zero attached hydrogens (tertiary/aromatic N) is 2. The highest BCUT2D eigenvalue weighted by Crippen LogP contribution is 2.23. The third kappa shape index (κ3) is 6.38. The Morgan fingerprint density at radius 2 is 1.85 bits per heavy atom. The molecule has 1 amide bonds. The van der Waals surface area contributed by atoms with Gasteiger partial charge in [-0.1, -0.05) is 48.0 Å². The Labute approximate surface area is 161 Å². The molecule has 2 aromatic carbocycles. The Balaban J connectivity index is 2.12. The summed E-state index contributed by atoms with van der Waals surface area (Å²) in [6.45, 7) is 0.647. The molecular formula is C19H19ClN2O5. The number of halogens is 1. The molecule has 0 aliphatic carbocycles. The van der Waals surface area contributed by atoms with Gasteiger partial charge in [0.1, 0.15) is 0 Å². The van der Waals surface area contributed by atoms with Crippen molar-refractivity contribution in [2.75, 3.05) is 6.54 Å². The van der Waals surface area contributed by atoms with E-state index in [0.29, 0.717) is 25.1 Å². The van der Waals surface area contributed by atoms with Gasteiger partial charge in [-0.2, -0.15) is 0 Å². The second-order valence-electron chi connectivity index (χ2n) is 6.01. The van der Waals surface area contributed by atoms with Gasteiger partial charge in [0, 0.05) is 31.6 Å². The van der Waals surface area contributed by atoms with Crippen LogP contribution in [0.2, 0.25) is 5.02 Å². The summed E-state index contributed by atoms with van der Waals surface area (Å²) in [5, 5.41) is 19.8. The molecule has 7 nitrogen and oxygen atoms in total. The van der Waals surface area contributed by atoms with Crippen molar-refractivity contribution in [3.63, 3.8) is 0 Å². The minimum Gasteiger partial charge on any atom is -0.481 e.